The summed E-state index contributed by atoms with van der Waals surface area (Å²) in [6.45, 7) is 4.18. The first-order valence-electron chi connectivity index (χ1n) is 6.93. The SMILES string of the molecule is CNC(C)c1ccc(Sc2nc3ccc(C)cc3[nH]2)cn1. The summed E-state index contributed by atoms with van der Waals surface area (Å²) in [5.41, 5.74) is 4.35. The maximum Gasteiger partial charge on any atom is 0.171 e. The first-order valence-corrected chi connectivity index (χ1v) is 7.75. The molecule has 0 saturated heterocycles. The summed E-state index contributed by atoms with van der Waals surface area (Å²) in [4.78, 5) is 13.5. The van der Waals surface area contributed by atoms with Gasteiger partial charge in [0, 0.05) is 17.1 Å². The van der Waals surface area contributed by atoms with E-state index in [4.69, 9.17) is 0 Å². The molecule has 0 radical (unpaired) electrons. The third kappa shape index (κ3) is 3.09. The van der Waals surface area contributed by atoms with E-state index in [0.717, 1.165) is 26.8 Å². The van der Waals surface area contributed by atoms with Crippen LogP contribution < -0.4 is 5.32 Å². The lowest BCUT2D eigenvalue weighted by Crippen LogP contribution is -2.13. The minimum Gasteiger partial charge on any atom is -0.333 e. The van der Waals surface area contributed by atoms with E-state index in [-0.39, 0.29) is 6.04 Å². The molecule has 0 spiro atoms. The van der Waals surface area contributed by atoms with Crippen LogP contribution in [0.3, 0.4) is 0 Å². The number of aromatic nitrogens is 3. The van der Waals surface area contributed by atoms with E-state index in [1.807, 2.05) is 19.3 Å². The summed E-state index contributed by atoms with van der Waals surface area (Å²) in [6.07, 6.45) is 1.90. The number of aryl methyl sites for hydroxylation is 1. The predicted octanol–water partition coefficient (Wildman–Crippen LogP) is 3.70. The highest BCUT2D eigenvalue weighted by Gasteiger charge is 2.07. The third-order valence-electron chi connectivity index (χ3n) is 3.47. The molecule has 5 heteroatoms. The number of aromatic amines is 1. The van der Waals surface area contributed by atoms with Crippen LogP contribution in [0.25, 0.3) is 11.0 Å². The quantitative estimate of drug-likeness (QED) is 0.771. The van der Waals surface area contributed by atoms with Crippen molar-refractivity contribution in [3.63, 3.8) is 0 Å². The van der Waals surface area contributed by atoms with Gasteiger partial charge in [0.15, 0.2) is 5.16 Å². The van der Waals surface area contributed by atoms with Gasteiger partial charge in [-0.2, -0.15) is 0 Å². The second-order valence-corrected chi connectivity index (χ2v) is 6.16. The van der Waals surface area contributed by atoms with E-state index in [1.165, 1.54) is 5.56 Å². The Balaban J connectivity index is 1.81. The lowest BCUT2D eigenvalue weighted by atomic mass is 10.2. The molecule has 2 heterocycles. The van der Waals surface area contributed by atoms with Crippen molar-refractivity contribution in [1.82, 2.24) is 20.3 Å². The molecular weight excluding hydrogens is 280 g/mol. The average Bonchev–Trinajstić information content (AvgIpc) is 2.88. The molecule has 21 heavy (non-hydrogen) atoms. The van der Waals surface area contributed by atoms with Crippen molar-refractivity contribution in [3.05, 3.63) is 47.8 Å². The number of nitrogens with one attached hydrogen (secondary N) is 2. The largest absolute Gasteiger partial charge is 0.333 e. The fourth-order valence-corrected chi connectivity index (χ4v) is 2.89. The molecule has 2 N–H and O–H groups in total. The van der Waals surface area contributed by atoms with Gasteiger partial charge in [0.25, 0.3) is 0 Å². The van der Waals surface area contributed by atoms with Crippen molar-refractivity contribution in [2.24, 2.45) is 0 Å². The molecule has 2 aromatic heterocycles. The highest BCUT2D eigenvalue weighted by Crippen LogP contribution is 2.27. The molecule has 0 aliphatic rings. The van der Waals surface area contributed by atoms with E-state index >= 15 is 0 Å². The monoisotopic (exact) mass is 298 g/mol. The van der Waals surface area contributed by atoms with Gasteiger partial charge in [-0.15, -0.1) is 0 Å². The van der Waals surface area contributed by atoms with E-state index < -0.39 is 0 Å². The molecule has 3 rings (SSSR count). The van der Waals surface area contributed by atoms with Crippen LogP contribution in [0.5, 0.6) is 0 Å². The summed E-state index contributed by atoms with van der Waals surface area (Å²) in [5, 5.41) is 4.08. The molecule has 0 saturated carbocycles. The zero-order valence-corrected chi connectivity index (χ0v) is 13.2. The van der Waals surface area contributed by atoms with Crippen LogP contribution in [0, 0.1) is 6.92 Å². The number of rotatable bonds is 4. The third-order valence-corrected chi connectivity index (χ3v) is 4.33. The van der Waals surface area contributed by atoms with Gasteiger partial charge in [0.05, 0.1) is 16.7 Å². The molecule has 4 nitrogen and oxygen atoms in total. The Morgan fingerprint density at radius 3 is 2.81 bits per heavy atom. The van der Waals surface area contributed by atoms with Crippen molar-refractivity contribution in [2.75, 3.05) is 7.05 Å². The van der Waals surface area contributed by atoms with Gasteiger partial charge in [-0.05, 0) is 50.7 Å². The minimum absolute atomic E-state index is 0.262. The van der Waals surface area contributed by atoms with E-state index in [2.05, 4.69) is 58.4 Å². The van der Waals surface area contributed by atoms with Gasteiger partial charge in [-0.25, -0.2) is 4.98 Å². The lowest BCUT2D eigenvalue weighted by molar-refractivity contribution is 0.631. The van der Waals surface area contributed by atoms with Gasteiger partial charge < -0.3 is 10.3 Å². The number of fused-ring (bicyclic) bond motifs is 1. The van der Waals surface area contributed by atoms with Gasteiger partial charge in [-0.1, -0.05) is 17.8 Å². The van der Waals surface area contributed by atoms with E-state index in [9.17, 15) is 0 Å². The Hall–Kier alpha value is -1.85. The van der Waals surface area contributed by atoms with Crippen LogP contribution in [0.15, 0.2) is 46.6 Å². The minimum atomic E-state index is 0.262. The number of nitrogens with zero attached hydrogens (tertiary/aromatic N) is 2. The Morgan fingerprint density at radius 1 is 1.24 bits per heavy atom. The molecule has 0 bridgehead atoms. The molecule has 0 aliphatic carbocycles. The van der Waals surface area contributed by atoms with Gasteiger partial charge >= 0.3 is 0 Å². The molecule has 108 valence electrons. The van der Waals surface area contributed by atoms with Crippen LogP contribution in [-0.4, -0.2) is 22.0 Å². The highest BCUT2D eigenvalue weighted by molar-refractivity contribution is 7.99. The number of H-pyrrole nitrogens is 1. The smallest absolute Gasteiger partial charge is 0.171 e. The second-order valence-electron chi connectivity index (χ2n) is 5.09. The van der Waals surface area contributed by atoms with Crippen LogP contribution in [0.4, 0.5) is 0 Å². The normalized spacial score (nSPS) is 12.7. The number of pyridine rings is 1. The lowest BCUT2D eigenvalue weighted by Gasteiger charge is -2.09. The molecule has 1 atom stereocenters. The van der Waals surface area contributed by atoms with E-state index in [1.54, 1.807) is 11.8 Å². The van der Waals surface area contributed by atoms with Gasteiger partial charge in [-0.3, -0.25) is 4.98 Å². The zero-order valence-electron chi connectivity index (χ0n) is 12.3. The van der Waals surface area contributed by atoms with Gasteiger partial charge in [0.1, 0.15) is 0 Å². The second kappa shape index (κ2) is 5.87. The Morgan fingerprint density at radius 2 is 2.10 bits per heavy atom. The van der Waals surface area contributed by atoms with Crippen LogP contribution in [-0.2, 0) is 0 Å². The highest BCUT2D eigenvalue weighted by atomic mass is 32.2. The van der Waals surface area contributed by atoms with Crippen molar-refractivity contribution < 1.29 is 0 Å². The van der Waals surface area contributed by atoms with Crippen LogP contribution in [0.1, 0.15) is 24.2 Å². The molecular formula is C16H18N4S. The maximum atomic E-state index is 4.59. The fraction of sp³-hybridized carbons (Fsp3) is 0.250. The Kier molecular flexibility index (Phi) is 3.94. The predicted molar refractivity (Wildman–Crippen MR) is 86.7 cm³/mol. The summed E-state index contributed by atoms with van der Waals surface area (Å²) in [6, 6.07) is 10.6. The van der Waals surface area contributed by atoms with Crippen LogP contribution >= 0.6 is 11.8 Å². The first kappa shape index (κ1) is 14.1. The molecule has 0 aliphatic heterocycles. The first-order chi connectivity index (χ1) is 10.2. The molecule has 1 aromatic carbocycles. The van der Waals surface area contributed by atoms with E-state index in [0.29, 0.717) is 0 Å². The van der Waals surface area contributed by atoms with Crippen molar-refractivity contribution in [1.29, 1.82) is 0 Å². The standard InChI is InChI=1S/C16H18N4S/c1-10-4-6-14-15(8-10)20-16(19-14)21-12-5-7-13(18-9-12)11(2)17-3/h4-9,11,17H,1-3H3,(H,19,20). The van der Waals surface area contributed by atoms with Crippen LogP contribution in [0.2, 0.25) is 0 Å². The molecule has 1 unspecified atom stereocenters. The fourth-order valence-electron chi connectivity index (χ4n) is 2.12. The molecule has 3 aromatic rings. The summed E-state index contributed by atoms with van der Waals surface area (Å²) < 4.78 is 0. The summed E-state index contributed by atoms with van der Waals surface area (Å²) in [7, 11) is 1.94. The number of benzene rings is 1. The topological polar surface area (TPSA) is 53.6 Å². The van der Waals surface area contributed by atoms with Crippen molar-refractivity contribution >= 4 is 22.8 Å². The Bertz CT molecular complexity index is 749. The number of hydrogen-bond acceptors (Lipinski definition) is 4. The van der Waals surface area contributed by atoms with Gasteiger partial charge in [0.2, 0.25) is 0 Å². The summed E-state index contributed by atoms with van der Waals surface area (Å²) >= 11 is 1.60. The molecule has 0 fully saturated rings. The zero-order chi connectivity index (χ0) is 14.8. The summed E-state index contributed by atoms with van der Waals surface area (Å²) in [5.74, 6) is 0. The average molecular weight is 298 g/mol. The maximum absolute atomic E-state index is 4.59. The Labute approximate surface area is 128 Å². The van der Waals surface area contributed by atoms with Crippen molar-refractivity contribution in [3.8, 4) is 0 Å². The van der Waals surface area contributed by atoms with Crippen molar-refractivity contribution in [2.45, 2.75) is 29.9 Å². The number of hydrogen-bond donors (Lipinski definition) is 2. The number of imidazole rings is 1. The molecule has 0 amide bonds.